The van der Waals surface area contributed by atoms with Gasteiger partial charge in [0.05, 0.1) is 5.41 Å². The molecule has 1 aliphatic heterocycles. The molecule has 0 aromatic carbocycles. The van der Waals surface area contributed by atoms with Crippen LogP contribution in [-0.2, 0) is 4.79 Å². The van der Waals surface area contributed by atoms with E-state index in [0.29, 0.717) is 17.9 Å². The third-order valence-corrected chi connectivity index (χ3v) is 4.55. The molecular formula is C16H30N2O. The minimum atomic E-state index is -0.0581. The molecule has 0 unspecified atom stereocenters. The van der Waals surface area contributed by atoms with Gasteiger partial charge in [-0.05, 0) is 51.1 Å². The number of piperidine rings is 1. The highest BCUT2D eigenvalue weighted by molar-refractivity contribution is 5.83. The number of nitrogens with zero attached hydrogens (tertiary/aromatic N) is 1. The monoisotopic (exact) mass is 266 g/mol. The molecule has 0 aromatic rings. The van der Waals surface area contributed by atoms with Gasteiger partial charge in [0.2, 0.25) is 5.91 Å². The van der Waals surface area contributed by atoms with E-state index in [9.17, 15) is 4.79 Å². The third kappa shape index (κ3) is 3.50. The van der Waals surface area contributed by atoms with Crippen LogP contribution in [-0.4, -0.2) is 36.5 Å². The van der Waals surface area contributed by atoms with Crippen LogP contribution in [0.3, 0.4) is 0 Å². The van der Waals surface area contributed by atoms with Crippen LogP contribution in [0, 0.1) is 11.3 Å². The summed E-state index contributed by atoms with van der Waals surface area (Å²) in [5.41, 5.74) is -0.0581. The zero-order chi connectivity index (χ0) is 13.9. The van der Waals surface area contributed by atoms with Crippen molar-refractivity contribution in [2.75, 3.05) is 19.6 Å². The Morgan fingerprint density at radius 2 is 1.95 bits per heavy atom. The Morgan fingerprint density at radius 1 is 1.32 bits per heavy atom. The maximum Gasteiger partial charge on any atom is 0.229 e. The highest BCUT2D eigenvalue weighted by Gasteiger charge is 2.45. The van der Waals surface area contributed by atoms with Crippen molar-refractivity contribution < 1.29 is 4.79 Å². The quantitative estimate of drug-likeness (QED) is 0.802. The van der Waals surface area contributed by atoms with Crippen LogP contribution in [0.5, 0.6) is 0 Å². The van der Waals surface area contributed by atoms with Gasteiger partial charge in [-0.1, -0.05) is 27.2 Å². The van der Waals surface area contributed by atoms with Gasteiger partial charge in [-0.2, -0.15) is 0 Å². The van der Waals surface area contributed by atoms with Gasteiger partial charge in [0.25, 0.3) is 0 Å². The second-order valence-electron chi connectivity index (χ2n) is 6.86. The summed E-state index contributed by atoms with van der Waals surface area (Å²) < 4.78 is 0. The zero-order valence-corrected chi connectivity index (χ0v) is 12.9. The van der Waals surface area contributed by atoms with Crippen LogP contribution in [0.4, 0.5) is 0 Å². The summed E-state index contributed by atoms with van der Waals surface area (Å²) in [6.45, 7) is 9.61. The van der Waals surface area contributed by atoms with Crippen LogP contribution in [0.1, 0.15) is 59.3 Å². The van der Waals surface area contributed by atoms with Crippen LogP contribution in [0.15, 0.2) is 0 Å². The maximum atomic E-state index is 13.1. The second-order valence-corrected chi connectivity index (χ2v) is 6.86. The Bertz CT molecular complexity index is 298. The van der Waals surface area contributed by atoms with Gasteiger partial charge in [0.15, 0.2) is 0 Å². The minimum absolute atomic E-state index is 0.0581. The number of nitrogens with one attached hydrogen (secondary N) is 1. The fraction of sp³-hybridized carbons (Fsp3) is 0.938. The summed E-state index contributed by atoms with van der Waals surface area (Å²) in [5, 5.41) is 3.41. The molecule has 0 atom stereocenters. The van der Waals surface area contributed by atoms with Gasteiger partial charge in [-0.3, -0.25) is 4.79 Å². The van der Waals surface area contributed by atoms with Crippen LogP contribution >= 0.6 is 0 Å². The van der Waals surface area contributed by atoms with Crippen molar-refractivity contribution in [2.45, 2.75) is 65.3 Å². The smallest absolute Gasteiger partial charge is 0.229 e. The zero-order valence-electron chi connectivity index (χ0n) is 12.9. The van der Waals surface area contributed by atoms with Gasteiger partial charge in [0.1, 0.15) is 0 Å². The van der Waals surface area contributed by atoms with Crippen molar-refractivity contribution in [1.29, 1.82) is 0 Å². The highest BCUT2D eigenvalue weighted by Crippen LogP contribution is 2.39. The summed E-state index contributed by atoms with van der Waals surface area (Å²) in [6, 6.07) is 0.554. The number of hydrogen-bond donors (Lipinski definition) is 1. The van der Waals surface area contributed by atoms with Gasteiger partial charge in [-0.25, -0.2) is 0 Å². The Labute approximate surface area is 118 Å². The van der Waals surface area contributed by atoms with Crippen molar-refractivity contribution in [3.63, 3.8) is 0 Å². The van der Waals surface area contributed by atoms with E-state index in [0.717, 1.165) is 45.3 Å². The van der Waals surface area contributed by atoms with E-state index in [1.807, 2.05) is 0 Å². The van der Waals surface area contributed by atoms with Crippen LogP contribution < -0.4 is 5.32 Å². The average Bonchev–Trinajstić information content (AvgIpc) is 3.20. The molecule has 2 fully saturated rings. The Morgan fingerprint density at radius 3 is 2.42 bits per heavy atom. The van der Waals surface area contributed by atoms with Gasteiger partial charge in [-0.15, -0.1) is 0 Å². The Balaban J connectivity index is 2.11. The van der Waals surface area contributed by atoms with Crippen LogP contribution in [0.2, 0.25) is 0 Å². The van der Waals surface area contributed by atoms with Crippen molar-refractivity contribution in [3.05, 3.63) is 0 Å². The van der Waals surface area contributed by atoms with Gasteiger partial charge >= 0.3 is 0 Å². The van der Waals surface area contributed by atoms with Crippen molar-refractivity contribution >= 4 is 5.91 Å². The number of amides is 1. The second kappa shape index (κ2) is 6.25. The Kier molecular flexibility index (Phi) is 4.88. The van der Waals surface area contributed by atoms with Gasteiger partial charge in [0, 0.05) is 12.6 Å². The number of hydrogen-bond acceptors (Lipinski definition) is 2. The minimum Gasteiger partial charge on any atom is -0.339 e. The molecule has 19 heavy (non-hydrogen) atoms. The lowest BCUT2D eigenvalue weighted by molar-refractivity contribution is -0.145. The van der Waals surface area contributed by atoms with E-state index in [4.69, 9.17) is 0 Å². The molecule has 1 N–H and O–H groups in total. The standard InChI is InChI=1S/C16H30N2O/c1-4-7-16(8-10-17-11-9-16)15(19)18(12-13(2)3)14-5-6-14/h13-14,17H,4-12H2,1-3H3. The molecule has 2 aliphatic rings. The highest BCUT2D eigenvalue weighted by atomic mass is 16.2. The lowest BCUT2D eigenvalue weighted by Crippen LogP contribution is -2.50. The molecule has 0 aromatic heterocycles. The number of carbonyl (C=O) groups is 1. The normalized spacial score (nSPS) is 22.5. The predicted octanol–water partition coefficient (Wildman–Crippen LogP) is 2.80. The topological polar surface area (TPSA) is 32.3 Å². The van der Waals surface area contributed by atoms with E-state index in [2.05, 4.69) is 31.0 Å². The van der Waals surface area contributed by atoms with Crippen LogP contribution in [0.25, 0.3) is 0 Å². The molecule has 0 spiro atoms. The molecule has 1 saturated heterocycles. The lowest BCUT2D eigenvalue weighted by atomic mass is 9.74. The molecule has 1 aliphatic carbocycles. The van der Waals surface area contributed by atoms with Crippen molar-refractivity contribution in [1.82, 2.24) is 10.2 Å². The molecule has 1 amide bonds. The first-order chi connectivity index (χ1) is 9.09. The molecule has 0 bridgehead atoms. The molecule has 2 rings (SSSR count). The first kappa shape index (κ1) is 14.8. The molecule has 110 valence electrons. The maximum absolute atomic E-state index is 13.1. The van der Waals surface area contributed by atoms with E-state index in [1.54, 1.807) is 0 Å². The molecule has 1 saturated carbocycles. The van der Waals surface area contributed by atoms with Crippen molar-refractivity contribution in [2.24, 2.45) is 11.3 Å². The average molecular weight is 266 g/mol. The number of carbonyl (C=O) groups excluding carboxylic acids is 1. The fourth-order valence-electron chi connectivity index (χ4n) is 3.44. The molecule has 1 heterocycles. The molecule has 3 heteroatoms. The summed E-state index contributed by atoms with van der Waals surface area (Å²) in [6.07, 6.45) is 6.68. The lowest BCUT2D eigenvalue weighted by Gasteiger charge is -2.41. The predicted molar refractivity (Wildman–Crippen MR) is 79.0 cm³/mol. The first-order valence-electron chi connectivity index (χ1n) is 8.11. The third-order valence-electron chi connectivity index (χ3n) is 4.55. The molecule has 3 nitrogen and oxygen atoms in total. The SMILES string of the molecule is CCCC1(C(=O)N(CC(C)C)C2CC2)CCNCC1. The summed E-state index contributed by atoms with van der Waals surface area (Å²) in [4.78, 5) is 15.4. The van der Waals surface area contributed by atoms with E-state index in [1.165, 1.54) is 12.8 Å². The Hall–Kier alpha value is -0.570. The summed E-state index contributed by atoms with van der Waals surface area (Å²) in [5.74, 6) is 1.04. The van der Waals surface area contributed by atoms with E-state index in [-0.39, 0.29) is 5.41 Å². The molecular weight excluding hydrogens is 236 g/mol. The first-order valence-corrected chi connectivity index (χ1v) is 8.11. The van der Waals surface area contributed by atoms with Gasteiger partial charge < -0.3 is 10.2 Å². The summed E-state index contributed by atoms with van der Waals surface area (Å²) >= 11 is 0. The summed E-state index contributed by atoms with van der Waals surface area (Å²) in [7, 11) is 0. The van der Waals surface area contributed by atoms with E-state index < -0.39 is 0 Å². The largest absolute Gasteiger partial charge is 0.339 e. The van der Waals surface area contributed by atoms with Crippen molar-refractivity contribution in [3.8, 4) is 0 Å². The van der Waals surface area contributed by atoms with E-state index >= 15 is 0 Å². The fourth-order valence-corrected chi connectivity index (χ4v) is 3.44. The molecule has 0 radical (unpaired) electrons. The number of rotatable bonds is 6.